The van der Waals surface area contributed by atoms with E-state index < -0.39 is 0 Å². The number of hydrogen-bond acceptors (Lipinski definition) is 4. The predicted octanol–water partition coefficient (Wildman–Crippen LogP) is 3.68. The molecule has 0 fully saturated rings. The van der Waals surface area contributed by atoms with Gasteiger partial charge in [0.2, 0.25) is 0 Å². The average molecular weight is 362 g/mol. The van der Waals surface area contributed by atoms with Crippen LogP contribution >= 0.6 is 0 Å². The summed E-state index contributed by atoms with van der Waals surface area (Å²) in [5.41, 5.74) is 5.94. The van der Waals surface area contributed by atoms with Crippen LogP contribution in [0.3, 0.4) is 0 Å². The summed E-state index contributed by atoms with van der Waals surface area (Å²) in [5, 5.41) is 0. The monoisotopic (exact) mass is 362 g/mol. The summed E-state index contributed by atoms with van der Waals surface area (Å²) in [5.74, 6) is 0.809. The molecule has 27 heavy (non-hydrogen) atoms. The van der Waals surface area contributed by atoms with Gasteiger partial charge in [-0.1, -0.05) is 24.3 Å². The Bertz CT molecular complexity index is 1060. The van der Waals surface area contributed by atoms with Gasteiger partial charge in [-0.3, -0.25) is 9.36 Å². The van der Waals surface area contributed by atoms with E-state index in [1.165, 1.54) is 33.9 Å². The highest BCUT2D eigenvalue weighted by atomic mass is 16.6. The Kier molecular flexibility index (Phi) is 4.44. The smallest absolute Gasteiger partial charge is 0.300 e. The maximum absolute atomic E-state index is 11.3. The Morgan fingerprint density at radius 2 is 1.96 bits per heavy atom. The van der Waals surface area contributed by atoms with Gasteiger partial charge in [-0.15, -0.1) is 0 Å². The van der Waals surface area contributed by atoms with Gasteiger partial charge in [-0.25, -0.2) is 0 Å². The molecule has 0 saturated heterocycles. The van der Waals surface area contributed by atoms with E-state index in [0.29, 0.717) is 19.2 Å². The van der Waals surface area contributed by atoms with E-state index in [-0.39, 0.29) is 11.7 Å². The molecule has 1 aliphatic rings. The Morgan fingerprint density at radius 3 is 2.78 bits per heavy atom. The summed E-state index contributed by atoms with van der Waals surface area (Å²) in [6.07, 6.45) is 1.55. The Morgan fingerprint density at radius 1 is 1.11 bits per heavy atom. The molecule has 138 valence electrons. The van der Waals surface area contributed by atoms with Crippen LogP contribution in [0, 0.1) is 20.8 Å². The highest BCUT2D eigenvalue weighted by molar-refractivity contribution is 5.72. The molecule has 1 aliphatic heterocycles. The van der Waals surface area contributed by atoms with Gasteiger partial charge in [0.1, 0.15) is 12.4 Å². The maximum Gasteiger partial charge on any atom is 0.300 e. The number of benzene rings is 2. The third-order valence-corrected chi connectivity index (χ3v) is 5.05. The summed E-state index contributed by atoms with van der Waals surface area (Å²) in [6, 6.07) is 14.3. The quantitative estimate of drug-likeness (QED) is 0.710. The topological polar surface area (TPSA) is 53.4 Å². The van der Waals surface area contributed by atoms with Gasteiger partial charge in [-0.2, -0.15) is 4.98 Å². The summed E-state index contributed by atoms with van der Waals surface area (Å²) in [6.45, 7) is 7.42. The Hall–Kier alpha value is -3.08. The molecule has 0 radical (unpaired) electrons. The number of aryl methyl sites for hydroxylation is 2. The van der Waals surface area contributed by atoms with Crippen LogP contribution < -0.4 is 15.0 Å². The van der Waals surface area contributed by atoms with E-state index in [4.69, 9.17) is 9.47 Å². The van der Waals surface area contributed by atoms with Crippen molar-refractivity contribution in [2.24, 2.45) is 0 Å². The lowest BCUT2D eigenvalue weighted by Crippen LogP contribution is -2.23. The van der Waals surface area contributed by atoms with Crippen LogP contribution in [-0.2, 0) is 6.54 Å². The van der Waals surface area contributed by atoms with Crippen molar-refractivity contribution in [1.29, 1.82) is 0 Å². The molecule has 5 heteroatoms. The molecule has 0 saturated carbocycles. The van der Waals surface area contributed by atoms with Crippen molar-refractivity contribution in [2.75, 3.05) is 6.61 Å². The summed E-state index contributed by atoms with van der Waals surface area (Å²) in [4.78, 5) is 15.2. The molecular weight excluding hydrogens is 340 g/mol. The highest BCUT2D eigenvalue weighted by Gasteiger charge is 2.23. The van der Waals surface area contributed by atoms with E-state index >= 15 is 0 Å². The predicted molar refractivity (Wildman–Crippen MR) is 104 cm³/mol. The molecule has 4 rings (SSSR count). The van der Waals surface area contributed by atoms with Crippen molar-refractivity contribution >= 4 is 0 Å². The second kappa shape index (κ2) is 6.91. The van der Waals surface area contributed by atoms with E-state index in [9.17, 15) is 4.79 Å². The largest absolute Gasteiger partial charge is 0.490 e. The van der Waals surface area contributed by atoms with Crippen molar-refractivity contribution in [3.8, 4) is 22.9 Å². The Labute approximate surface area is 158 Å². The number of ether oxygens (including phenoxy) is 2. The molecule has 0 bridgehead atoms. The van der Waals surface area contributed by atoms with Gasteiger partial charge >= 0.3 is 0 Å². The van der Waals surface area contributed by atoms with Crippen LogP contribution in [0.1, 0.15) is 16.7 Å². The molecule has 0 spiro atoms. The molecular formula is C22H22N2O3. The van der Waals surface area contributed by atoms with Gasteiger partial charge in [0.15, 0.2) is 6.10 Å². The molecule has 0 aliphatic carbocycles. The molecule has 5 nitrogen and oxygen atoms in total. The molecule has 0 N–H and O–H groups in total. The first kappa shape index (κ1) is 17.3. The van der Waals surface area contributed by atoms with Crippen LogP contribution in [-0.4, -0.2) is 22.3 Å². The maximum atomic E-state index is 11.3. The number of fused-ring (bicyclic) bond motifs is 1. The van der Waals surface area contributed by atoms with Gasteiger partial charge in [0, 0.05) is 12.3 Å². The van der Waals surface area contributed by atoms with Crippen molar-refractivity contribution in [3.05, 3.63) is 75.7 Å². The van der Waals surface area contributed by atoms with Gasteiger partial charge in [0.05, 0.1) is 6.54 Å². The van der Waals surface area contributed by atoms with Gasteiger partial charge < -0.3 is 9.47 Å². The fraction of sp³-hybridized carbons (Fsp3) is 0.273. The van der Waals surface area contributed by atoms with Crippen molar-refractivity contribution in [3.63, 3.8) is 0 Å². The second-order valence-electron chi connectivity index (χ2n) is 6.98. The van der Waals surface area contributed by atoms with E-state index in [1.807, 2.05) is 10.6 Å². The second-order valence-corrected chi connectivity index (χ2v) is 6.98. The number of nitrogens with zero attached hydrogens (tertiary/aromatic N) is 2. The zero-order valence-corrected chi connectivity index (χ0v) is 15.7. The summed E-state index contributed by atoms with van der Waals surface area (Å²) in [7, 11) is 0. The third-order valence-electron chi connectivity index (χ3n) is 5.05. The van der Waals surface area contributed by atoms with Crippen molar-refractivity contribution in [2.45, 2.75) is 33.4 Å². The zero-order valence-electron chi connectivity index (χ0n) is 15.7. The molecule has 3 aromatic rings. The standard InChI is InChI=1S/C22H22N2O3/c1-14-5-4-6-20(16(14)3)19-8-7-17(11-15(19)2)26-13-18-12-24-10-9-21(25)23-22(24)27-18/h4-11,18H,12-13H2,1-3H3. The minimum absolute atomic E-state index is 0.154. The molecule has 0 amide bonds. The number of rotatable bonds is 4. The van der Waals surface area contributed by atoms with Crippen molar-refractivity contribution < 1.29 is 9.47 Å². The lowest BCUT2D eigenvalue weighted by molar-refractivity contribution is 0.143. The highest BCUT2D eigenvalue weighted by Crippen LogP contribution is 2.30. The van der Waals surface area contributed by atoms with Gasteiger partial charge in [-0.05, 0) is 60.7 Å². The van der Waals surface area contributed by atoms with E-state index in [1.54, 1.807) is 6.20 Å². The normalized spacial score (nSPS) is 15.3. The van der Waals surface area contributed by atoms with E-state index in [2.05, 4.69) is 56.1 Å². The molecule has 1 unspecified atom stereocenters. The number of aromatic nitrogens is 2. The van der Waals surface area contributed by atoms with Crippen LogP contribution in [0.5, 0.6) is 11.8 Å². The average Bonchev–Trinajstić information content (AvgIpc) is 3.05. The van der Waals surface area contributed by atoms with Crippen LogP contribution in [0.4, 0.5) is 0 Å². The van der Waals surface area contributed by atoms with Crippen LogP contribution in [0.25, 0.3) is 11.1 Å². The first-order valence-electron chi connectivity index (χ1n) is 9.05. The molecule has 2 aromatic carbocycles. The summed E-state index contributed by atoms with van der Waals surface area (Å²) >= 11 is 0. The first-order chi connectivity index (χ1) is 13.0. The minimum Gasteiger partial charge on any atom is -0.490 e. The molecule has 2 heterocycles. The lowest BCUT2D eigenvalue weighted by Gasteiger charge is -2.15. The molecule has 1 atom stereocenters. The SMILES string of the molecule is Cc1cc(OCC2Cn3ccc(=O)nc3O2)ccc1-c1cccc(C)c1C. The minimum atomic E-state index is -0.291. The third kappa shape index (κ3) is 3.45. The number of hydrogen-bond donors (Lipinski definition) is 0. The van der Waals surface area contributed by atoms with Crippen molar-refractivity contribution in [1.82, 2.24) is 9.55 Å². The fourth-order valence-corrected chi connectivity index (χ4v) is 3.40. The fourth-order valence-electron chi connectivity index (χ4n) is 3.40. The Balaban J connectivity index is 1.46. The zero-order chi connectivity index (χ0) is 19.0. The first-order valence-corrected chi connectivity index (χ1v) is 9.05. The summed E-state index contributed by atoms with van der Waals surface area (Å²) < 4.78 is 13.4. The van der Waals surface area contributed by atoms with E-state index in [0.717, 1.165) is 5.75 Å². The van der Waals surface area contributed by atoms with Gasteiger partial charge in [0.25, 0.3) is 11.6 Å². The van der Waals surface area contributed by atoms with Crippen LogP contribution in [0.2, 0.25) is 0 Å². The van der Waals surface area contributed by atoms with Crippen LogP contribution in [0.15, 0.2) is 53.5 Å². The lowest BCUT2D eigenvalue weighted by atomic mass is 9.94. The molecule has 1 aromatic heterocycles.